The first-order chi connectivity index (χ1) is 10.4. The number of nitrogens with one attached hydrogen (secondary N) is 1. The first-order valence-electron chi connectivity index (χ1n) is 6.08. The molecule has 0 aliphatic carbocycles. The first kappa shape index (κ1) is 14.7. The third-order valence-corrected chi connectivity index (χ3v) is 3.67. The lowest BCUT2D eigenvalue weighted by Gasteiger charge is -2.15. The van der Waals surface area contributed by atoms with Crippen molar-refractivity contribution in [3.05, 3.63) is 68.7 Å². The highest BCUT2D eigenvalue weighted by atomic mass is 79.9. The second-order valence-electron chi connectivity index (χ2n) is 4.49. The van der Waals surface area contributed by atoms with Crippen molar-refractivity contribution in [1.82, 2.24) is 15.0 Å². The molecular weight excluding hydrogens is 363 g/mol. The molecule has 0 aliphatic heterocycles. The van der Waals surface area contributed by atoms with Crippen molar-refractivity contribution in [2.45, 2.75) is 5.92 Å². The molecule has 0 saturated heterocycles. The minimum atomic E-state index is -3.66. The number of aromatic nitrogens is 3. The van der Waals surface area contributed by atoms with E-state index in [4.69, 9.17) is 0 Å². The average Bonchev–Trinajstić information content (AvgIpc) is 2.48. The summed E-state index contributed by atoms with van der Waals surface area (Å²) in [6, 6.07) is 6.38. The molecule has 1 N–H and O–H groups in total. The van der Waals surface area contributed by atoms with E-state index in [0.717, 1.165) is 12.1 Å². The molecule has 8 heteroatoms. The number of benzene rings is 1. The van der Waals surface area contributed by atoms with Gasteiger partial charge in [0.25, 0.3) is 5.56 Å². The van der Waals surface area contributed by atoms with Crippen LogP contribution >= 0.6 is 15.9 Å². The van der Waals surface area contributed by atoms with Crippen molar-refractivity contribution in [1.29, 1.82) is 0 Å². The van der Waals surface area contributed by atoms with E-state index in [2.05, 4.69) is 30.9 Å². The Balaban J connectivity index is 2.23. The zero-order valence-electron chi connectivity index (χ0n) is 10.8. The summed E-state index contributed by atoms with van der Waals surface area (Å²) >= 11 is 3.17. The Hall–Kier alpha value is -2.22. The van der Waals surface area contributed by atoms with Crippen molar-refractivity contribution < 1.29 is 13.2 Å². The Morgan fingerprint density at radius 3 is 2.64 bits per heavy atom. The van der Waals surface area contributed by atoms with E-state index in [1.807, 2.05) is 0 Å². The van der Waals surface area contributed by atoms with Gasteiger partial charge in [0.1, 0.15) is 11.5 Å². The molecule has 2 heterocycles. The molecule has 0 atom stereocenters. The Morgan fingerprint density at radius 2 is 1.95 bits per heavy atom. The number of nitrogens with zero attached hydrogens (tertiary/aromatic N) is 2. The number of para-hydroxylation sites is 1. The lowest BCUT2D eigenvalue weighted by molar-refractivity contribution is 0.0281. The Kier molecular flexibility index (Phi) is 3.48. The molecule has 22 heavy (non-hydrogen) atoms. The average molecular weight is 370 g/mol. The highest BCUT2D eigenvalue weighted by Crippen LogP contribution is 2.32. The Bertz CT molecular complexity index is 909. The van der Waals surface area contributed by atoms with Gasteiger partial charge < -0.3 is 4.98 Å². The molecule has 0 saturated carbocycles. The fourth-order valence-electron chi connectivity index (χ4n) is 1.96. The summed E-state index contributed by atoms with van der Waals surface area (Å²) in [4.78, 5) is 21.2. The largest absolute Gasteiger partial charge is 0.346 e. The highest BCUT2D eigenvalue weighted by Gasteiger charge is 2.39. The SMILES string of the molecule is O=c1[nH]c(C(F)(F)c2ccc(F)cn2)nc2c(Br)cccc12. The Morgan fingerprint density at radius 1 is 1.18 bits per heavy atom. The van der Waals surface area contributed by atoms with Crippen LogP contribution in [0.4, 0.5) is 13.2 Å². The van der Waals surface area contributed by atoms with E-state index in [1.54, 1.807) is 12.1 Å². The second-order valence-corrected chi connectivity index (χ2v) is 5.34. The van der Waals surface area contributed by atoms with Gasteiger partial charge in [0.05, 0.1) is 17.1 Å². The van der Waals surface area contributed by atoms with Gasteiger partial charge in [-0.25, -0.2) is 9.37 Å². The summed E-state index contributed by atoms with van der Waals surface area (Å²) in [6.07, 6.45) is 0.679. The minimum absolute atomic E-state index is 0.114. The van der Waals surface area contributed by atoms with Gasteiger partial charge in [-0.2, -0.15) is 8.78 Å². The van der Waals surface area contributed by atoms with Crippen LogP contribution < -0.4 is 5.56 Å². The van der Waals surface area contributed by atoms with E-state index >= 15 is 0 Å². The zero-order chi connectivity index (χ0) is 15.9. The third-order valence-electron chi connectivity index (χ3n) is 3.03. The van der Waals surface area contributed by atoms with E-state index < -0.39 is 28.8 Å². The maximum atomic E-state index is 14.4. The van der Waals surface area contributed by atoms with Crippen molar-refractivity contribution in [3.63, 3.8) is 0 Å². The fourth-order valence-corrected chi connectivity index (χ4v) is 2.41. The van der Waals surface area contributed by atoms with E-state index in [0.29, 0.717) is 10.7 Å². The Labute approximate surface area is 130 Å². The fraction of sp³-hybridized carbons (Fsp3) is 0.0714. The third kappa shape index (κ3) is 2.39. The molecule has 112 valence electrons. The molecule has 0 fully saturated rings. The molecule has 0 amide bonds. The summed E-state index contributed by atoms with van der Waals surface area (Å²) < 4.78 is 42.1. The van der Waals surface area contributed by atoms with Crippen LogP contribution in [0.1, 0.15) is 11.5 Å². The van der Waals surface area contributed by atoms with Crippen molar-refractivity contribution in [2.75, 3.05) is 0 Å². The standard InChI is InChI=1S/C14H7BrF3N3O/c15-9-3-1-2-8-11(9)20-13(21-12(8)22)14(17,18)10-5-4-7(16)6-19-10/h1-6H,(H,20,21,22). The summed E-state index contributed by atoms with van der Waals surface area (Å²) in [6.45, 7) is 0. The molecular formula is C14H7BrF3N3O. The summed E-state index contributed by atoms with van der Waals surface area (Å²) in [5, 5.41) is 0.181. The number of aromatic amines is 1. The minimum Gasteiger partial charge on any atom is -0.305 e. The van der Waals surface area contributed by atoms with Gasteiger partial charge in [-0.3, -0.25) is 9.78 Å². The van der Waals surface area contributed by atoms with Crippen LogP contribution in [0.3, 0.4) is 0 Å². The first-order valence-corrected chi connectivity index (χ1v) is 6.88. The number of rotatable bonds is 2. The molecule has 4 nitrogen and oxygen atoms in total. The van der Waals surface area contributed by atoms with E-state index in [1.165, 1.54) is 6.07 Å². The number of hydrogen-bond acceptors (Lipinski definition) is 3. The lowest BCUT2D eigenvalue weighted by Crippen LogP contribution is -2.25. The van der Waals surface area contributed by atoms with Crippen LogP contribution in [-0.2, 0) is 5.92 Å². The molecule has 0 unspecified atom stereocenters. The summed E-state index contributed by atoms with van der Waals surface area (Å²) in [7, 11) is 0. The number of halogens is 4. The van der Waals surface area contributed by atoms with Crippen LogP contribution in [0, 0.1) is 5.82 Å². The summed E-state index contributed by atoms with van der Waals surface area (Å²) in [5.74, 6) is -5.24. The predicted molar refractivity (Wildman–Crippen MR) is 77.3 cm³/mol. The molecule has 3 aromatic rings. The highest BCUT2D eigenvalue weighted by molar-refractivity contribution is 9.10. The van der Waals surface area contributed by atoms with Gasteiger partial charge in [-0.1, -0.05) is 6.07 Å². The predicted octanol–water partition coefficient (Wildman–Crippen LogP) is 3.36. The van der Waals surface area contributed by atoms with Crippen LogP contribution in [-0.4, -0.2) is 15.0 Å². The van der Waals surface area contributed by atoms with Crippen LogP contribution in [0.25, 0.3) is 10.9 Å². The second kappa shape index (κ2) is 5.20. The summed E-state index contributed by atoms with van der Waals surface area (Å²) in [5.41, 5.74) is -1.28. The van der Waals surface area contributed by atoms with Gasteiger partial charge in [0.15, 0.2) is 5.82 Å². The number of fused-ring (bicyclic) bond motifs is 1. The normalized spacial score (nSPS) is 11.8. The van der Waals surface area contributed by atoms with Crippen LogP contribution in [0.15, 0.2) is 45.8 Å². The molecule has 0 spiro atoms. The zero-order valence-corrected chi connectivity index (χ0v) is 12.4. The van der Waals surface area contributed by atoms with Crippen molar-refractivity contribution in [3.8, 4) is 0 Å². The molecule has 0 aliphatic rings. The monoisotopic (exact) mass is 369 g/mol. The lowest BCUT2D eigenvalue weighted by atomic mass is 10.2. The molecule has 0 radical (unpaired) electrons. The van der Waals surface area contributed by atoms with E-state index in [9.17, 15) is 18.0 Å². The van der Waals surface area contributed by atoms with Crippen molar-refractivity contribution in [2.24, 2.45) is 0 Å². The maximum absolute atomic E-state index is 14.4. The quantitative estimate of drug-likeness (QED) is 0.753. The van der Waals surface area contributed by atoms with Gasteiger partial charge in [0.2, 0.25) is 0 Å². The molecule has 0 bridgehead atoms. The van der Waals surface area contributed by atoms with Gasteiger partial charge in [0, 0.05) is 4.47 Å². The van der Waals surface area contributed by atoms with E-state index in [-0.39, 0.29) is 10.9 Å². The number of hydrogen-bond donors (Lipinski definition) is 1. The number of pyridine rings is 1. The number of H-pyrrole nitrogens is 1. The van der Waals surface area contributed by atoms with Gasteiger partial charge >= 0.3 is 5.92 Å². The maximum Gasteiger partial charge on any atom is 0.346 e. The van der Waals surface area contributed by atoms with Gasteiger partial charge in [-0.15, -0.1) is 0 Å². The topological polar surface area (TPSA) is 58.6 Å². The van der Waals surface area contributed by atoms with Crippen molar-refractivity contribution >= 4 is 26.8 Å². The van der Waals surface area contributed by atoms with Gasteiger partial charge in [-0.05, 0) is 40.2 Å². The molecule has 2 aromatic heterocycles. The smallest absolute Gasteiger partial charge is 0.305 e. The van der Waals surface area contributed by atoms with Crippen LogP contribution in [0.5, 0.6) is 0 Å². The molecule has 3 rings (SSSR count). The molecule has 1 aromatic carbocycles. The van der Waals surface area contributed by atoms with Crippen LogP contribution in [0.2, 0.25) is 0 Å². The number of alkyl halides is 2.